The number of nitrogen functional groups attached to an aromatic ring is 1. The molecule has 1 aliphatic heterocycles. The van der Waals surface area contributed by atoms with Crippen LogP contribution in [0.4, 0.5) is 32.2 Å². The second kappa shape index (κ2) is 7.60. The van der Waals surface area contributed by atoms with Gasteiger partial charge in [0.1, 0.15) is 11.6 Å². The Kier molecular flexibility index (Phi) is 5.50. The smallest absolute Gasteiger partial charge is 0.382 e. The standard InChI is InChI=1S/C18H18F6N4O/c1-9(4-10-6-12(20)13(21)7-11(10)19)5-15(29)27-2-3-28-14(8-27)16(25)26-17(28)18(22,23)24/h6-7,9H,2-5,8,25H2,1H3/t9-/m1/s1. The van der Waals surface area contributed by atoms with Gasteiger partial charge in [0.05, 0.1) is 12.2 Å². The average Bonchev–Trinajstić information content (AvgIpc) is 2.96. The van der Waals surface area contributed by atoms with E-state index >= 15 is 0 Å². The highest BCUT2D eigenvalue weighted by atomic mass is 19.4. The lowest BCUT2D eigenvalue weighted by molar-refractivity contribution is -0.148. The van der Waals surface area contributed by atoms with Crippen LogP contribution >= 0.6 is 0 Å². The number of fused-ring (bicyclic) bond motifs is 1. The minimum atomic E-state index is -4.65. The van der Waals surface area contributed by atoms with E-state index in [0.717, 1.165) is 10.6 Å². The summed E-state index contributed by atoms with van der Waals surface area (Å²) in [6.45, 7) is 1.45. The zero-order chi connectivity index (χ0) is 21.5. The lowest BCUT2D eigenvalue weighted by atomic mass is 9.96. The number of carbonyl (C=O) groups is 1. The number of hydrogen-bond acceptors (Lipinski definition) is 3. The van der Waals surface area contributed by atoms with Crippen LogP contribution in [0.2, 0.25) is 0 Å². The molecule has 0 saturated heterocycles. The van der Waals surface area contributed by atoms with Gasteiger partial charge in [-0.2, -0.15) is 13.2 Å². The Labute approximate surface area is 162 Å². The molecule has 0 spiro atoms. The summed E-state index contributed by atoms with van der Waals surface area (Å²) in [5, 5.41) is 0. The molecule has 29 heavy (non-hydrogen) atoms. The van der Waals surface area contributed by atoms with Crippen LogP contribution in [-0.4, -0.2) is 26.9 Å². The van der Waals surface area contributed by atoms with Gasteiger partial charge in [0.15, 0.2) is 11.6 Å². The molecule has 1 atom stereocenters. The zero-order valence-corrected chi connectivity index (χ0v) is 15.4. The molecule has 0 radical (unpaired) electrons. The number of hydrogen-bond donors (Lipinski definition) is 1. The number of nitrogens with two attached hydrogens (primary N) is 1. The van der Waals surface area contributed by atoms with Crippen LogP contribution in [0.1, 0.15) is 30.4 Å². The van der Waals surface area contributed by atoms with Crippen molar-refractivity contribution in [2.24, 2.45) is 5.92 Å². The maximum absolute atomic E-state index is 13.8. The third kappa shape index (κ3) is 4.33. The van der Waals surface area contributed by atoms with Crippen LogP contribution in [0, 0.1) is 23.4 Å². The predicted octanol–water partition coefficient (Wildman–Crippen LogP) is 3.51. The molecule has 2 heterocycles. The van der Waals surface area contributed by atoms with Crippen molar-refractivity contribution < 1.29 is 31.1 Å². The van der Waals surface area contributed by atoms with Crippen molar-refractivity contribution in [3.05, 3.63) is 46.7 Å². The Morgan fingerprint density at radius 3 is 2.48 bits per heavy atom. The number of alkyl halides is 3. The largest absolute Gasteiger partial charge is 0.449 e. The first-order chi connectivity index (χ1) is 13.5. The van der Waals surface area contributed by atoms with Crippen LogP contribution < -0.4 is 5.73 Å². The first kappa shape index (κ1) is 21.0. The van der Waals surface area contributed by atoms with Crippen LogP contribution in [-0.2, 0) is 30.5 Å². The van der Waals surface area contributed by atoms with Crippen molar-refractivity contribution in [2.45, 2.75) is 39.0 Å². The van der Waals surface area contributed by atoms with Gasteiger partial charge in [-0.25, -0.2) is 18.2 Å². The Bertz CT molecular complexity index is 939. The summed E-state index contributed by atoms with van der Waals surface area (Å²) in [4.78, 5) is 17.3. The number of benzene rings is 1. The molecule has 5 nitrogen and oxygen atoms in total. The molecule has 0 bridgehead atoms. The number of aromatic nitrogens is 2. The summed E-state index contributed by atoms with van der Waals surface area (Å²) in [7, 11) is 0. The van der Waals surface area contributed by atoms with Crippen molar-refractivity contribution >= 4 is 11.7 Å². The summed E-state index contributed by atoms with van der Waals surface area (Å²) in [6.07, 6.45) is -4.69. The van der Waals surface area contributed by atoms with E-state index in [-0.39, 0.29) is 55.5 Å². The topological polar surface area (TPSA) is 64.2 Å². The summed E-state index contributed by atoms with van der Waals surface area (Å²) >= 11 is 0. The fourth-order valence-electron chi connectivity index (χ4n) is 3.42. The van der Waals surface area contributed by atoms with E-state index in [1.54, 1.807) is 6.92 Å². The Morgan fingerprint density at radius 1 is 1.17 bits per heavy atom. The van der Waals surface area contributed by atoms with E-state index in [9.17, 15) is 31.1 Å². The van der Waals surface area contributed by atoms with Gasteiger partial charge < -0.3 is 15.2 Å². The van der Waals surface area contributed by atoms with Crippen molar-refractivity contribution in [1.82, 2.24) is 14.5 Å². The average molecular weight is 420 g/mol. The molecule has 1 aromatic heterocycles. The monoisotopic (exact) mass is 420 g/mol. The second-order valence-electron chi connectivity index (χ2n) is 7.10. The maximum Gasteiger partial charge on any atom is 0.449 e. The lowest BCUT2D eigenvalue weighted by Crippen LogP contribution is -2.40. The number of amides is 1. The quantitative estimate of drug-likeness (QED) is 0.608. The molecular weight excluding hydrogens is 402 g/mol. The zero-order valence-electron chi connectivity index (χ0n) is 15.4. The highest BCUT2D eigenvalue weighted by molar-refractivity contribution is 5.76. The molecule has 2 N–H and O–H groups in total. The number of carbonyl (C=O) groups excluding carboxylic acids is 1. The molecule has 0 unspecified atom stereocenters. The number of halogens is 6. The minimum absolute atomic E-state index is 0.000899. The molecule has 3 rings (SSSR count). The van der Waals surface area contributed by atoms with Gasteiger partial charge in [0.25, 0.3) is 0 Å². The van der Waals surface area contributed by atoms with E-state index in [1.807, 2.05) is 0 Å². The normalized spacial score (nSPS) is 15.3. The fourth-order valence-corrected chi connectivity index (χ4v) is 3.42. The van der Waals surface area contributed by atoms with Crippen LogP contribution in [0.5, 0.6) is 0 Å². The molecule has 0 fully saturated rings. The minimum Gasteiger partial charge on any atom is -0.382 e. The van der Waals surface area contributed by atoms with Crippen molar-refractivity contribution in [3.63, 3.8) is 0 Å². The first-order valence-electron chi connectivity index (χ1n) is 8.80. The molecule has 0 aliphatic carbocycles. The molecule has 1 aliphatic rings. The third-order valence-electron chi connectivity index (χ3n) is 4.82. The molecule has 1 aromatic carbocycles. The van der Waals surface area contributed by atoms with Gasteiger partial charge in [-0.1, -0.05) is 6.92 Å². The molecule has 2 aromatic rings. The van der Waals surface area contributed by atoms with E-state index in [1.165, 1.54) is 4.90 Å². The van der Waals surface area contributed by atoms with Gasteiger partial charge in [0, 0.05) is 25.6 Å². The van der Waals surface area contributed by atoms with E-state index in [2.05, 4.69) is 4.98 Å². The summed E-state index contributed by atoms with van der Waals surface area (Å²) in [6, 6.07) is 1.20. The van der Waals surface area contributed by atoms with Gasteiger partial charge in [-0.05, 0) is 24.0 Å². The summed E-state index contributed by atoms with van der Waals surface area (Å²) < 4.78 is 80.1. The van der Waals surface area contributed by atoms with Crippen LogP contribution in [0.3, 0.4) is 0 Å². The molecule has 11 heteroatoms. The number of rotatable bonds is 4. The van der Waals surface area contributed by atoms with Gasteiger partial charge in [-0.15, -0.1) is 0 Å². The molecule has 1 amide bonds. The molecule has 158 valence electrons. The first-order valence-corrected chi connectivity index (χ1v) is 8.80. The predicted molar refractivity (Wildman–Crippen MR) is 90.9 cm³/mol. The third-order valence-corrected chi connectivity index (χ3v) is 4.82. The fraction of sp³-hybridized carbons (Fsp3) is 0.444. The Balaban J connectivity index is 1.67. The maximum atomic E-state index is 13.8. The van der Waals surface area contributed by atoms with E-state index in [0.29, 0.717) is 6.07 Å². The van der Waals surface area contributed by atoms with E-state index in [4.69, 9.17) is 5.73 Å². The molecular formula is C18H18F6N4O. The van der Waals surface area contributed by atoms with Gasteiger partial charge in [0.2, 0.25) is 11.7 Å². The van der Waals surface area contributed by atoms with Crippen molar-refractivity contribution in [2.75, 3.05) is 12.3 Å². The number of anilines is 1. The highest BCUT2D eigenvalue weighted by Crippen LogP contribution is 2.33. The van der Waals surface area contributed by atoms with Crippen LogP contribution in [0.15, 0.2) is 12.1 Å². The second-order valence-corrected chi connectivity index (χ2v) is 7.10. The number of imidazole rings is 1. The summed E-state index contributed by atoms with van der Waals surface area (Å²) in [5.74, 6) is -5.53. The number of nitrogens with zero attached hydrogens (tertiary/aromatic N) is 3. The van der Waals surface area contributed by atoms with Crippen LogP contribution in [0.25, 0.3) is 0 Å². The van der Waals surface area contributed by atoms with E-state index < -0.39 is 35.4 Å². The van der Waals surface area contributed by atoms with Gasteiger partial charge in [-0.3, -0.25) is 4.79 Å². The van der Waals surface area contributed by atoms with Crippen molar-refractivity contribution in [3.8, 4) is 0 Å². The van der Waals surface area contributed by atoms with Crippen molar-refractivity contribution in [1.29, 1.82) is 0 Å². The Morgan fingerprint density at radius 2 is 1.83 bits per heavy atom. The Hall–Kier alpha value is -2.72. The molecule has 0 saturated carbocycles. The summed E-state index contributed by atoms with van der Waals surface area (Å²) in [5.41, 5.74) is 5.64. The SMILES string of the molecule is C[C@@H](CC(=O)N1CCn2c(C(F)(F)F)nc(N)c2C1)Cc1cc(F)c(F)cc1F. The van der Waals surface area contributed by atoms with Gasteiger partial charge >= 0.3 is 6.18 Å². The highest BCUT2D eigenvalue weighted by Gasteiger charge is 2.40. The lowest BCUT2D eigenvalue weighted by Gasteiger charge is -2.30.